The maximum absolute atomic E-state index is 12.3. The third-order valence-electron chi connectivity index (χ3n) is 2.98. The monoisotopic (exact) mass is 259 g/mol. The van der Waals surface area contributed by atoms with Gasteiger partial charge in [-0.1, -0.05) is 50.3 Å². The molecule has 1 aromatic carbocycles. The minimum absolute atomic E-state index is 0.0926. The number of rotatable bonds is 7. The van der Waals surface area contributed by atoms with E-state index in [1.54, 1.807) is 6.08 Å². The predicted octanol–water partition coefficient (Wildman–Crippen LogP) is 3.49. The Morgan fingerprint density at radius 2 is 1.84 bits per heavy atom. The molecule has 104 valence electrons. The van der Waals surface area contributed by atoms with Gasteiger partial charge in [-0.05, 0) is 38.1 Å². The van der Waals surface area contributed by atoms with Gasteiger partial charge in [-0.2, -0.15) is 0 Å². The zero-order valence-corrected chi connectivity index (χ0v) is 12.5. The first kappa shape index (κ1) is 15.6. The highest BCUT2D eigenvalue weighted by Gasteiger charge is 2.18. The minimum atomic E-state index is 0.0926. The summed E-state index contributed by atoms with van der Waals surface area (Å²) in [5.74, 6) is 0.861. The molecule has 0 bridgehead atoms. The van der Waals surface area contributed by atoms with E-state index in [-0.39, 0.29) is 11.7 Å². The SMILES string of the molecule is CC(C)CC(CN(C)C)C(=O)C=Cc1ccccc1. The first-order chi connectivity index (χ1) is 8.99. The Morgan fingerprint density at radius 3 is 2.37 bits per heavy atom. The number of hydrogen-bond donors (Lipinski definition) is 0. The molecule has 2 heteroatoms. The lowest BCUT2D eigenvalue weighted by Gasteiger charge is -2.20. The van der Waals surface area contributed by atoms with Gasteiger partial charge in [-0.15, -0.1) is 0 Å². The van der Waals surface area contributed by atoms with Crippen molar-refractivity contribution in [1.82, 2.24) is 4.90 Å². The maximum Gasteiger partial charge on any atom is 0.160 e. The summed E-state index contributed by atoms with van der Waals surface area (Å²) in [6.07, 6.45) is 4.58. The van der Waals surface area contributed by atoms with Gasteiger partial charge in [-0.3, -0.25) is 4.79 Å². The van der Waals surface area contributed by atoms with Crippen LogP contribution < -0.4 is 0 Å². The molecule has 2 nitrogen and oxygen atoms in total. The molecule has 0 saturated carbocycles. The molecule has 0 heterocycles. The molecule has 0 fully saturated rings. The van der Waals surface area contributed by atoms with Crippen LogP contribution in [0, 0.1) is 11.8 Å². The normalized spacial score (nSPS) is 13.4. The summed E-state index contributed by atoms with van der Waals surface area (Å²) in [7, 11) is 4.03. The third kappa shape index (κ3) is 6.35. The molecule has 0 radical (unpaired) electrons. The van der Waals surface area contributed by atoms with Crippen LogP contribution in [0.1, 0.15) is 25.8 Å². The third-order valence-corrected chi connectivity index (χ3v) is 2.98. The average Bonchev–Trinajstić information content (AvgIpc) is 2.35. The second-order valence-electron chi connectivity index (χ2n) is 5.74. The predicted molar refractivity (Wildman–Crippen MR) is 82.0 cm³/mol. The van der Waals surface area contributed by atoms with Crippen LogP contribution in [0.25, 0.3) is 6.08 Å². The second-order valence-corrected chi connectivity index (χ2v) is 5.74. The van der Waals surface area contributed by atoms with Crippen LogP contribution >= 0.6 is 0 Å². The number of hydrogen-bond acceptors (Lipinski definition) is 2. The number of ketones is 1. The van der Waals surface area contributed by atoms with Crippen molar-refractivity contribution in [3.8, 4) is 0 Å². The van der Waals surface area contributed by atoms with Gasteiger partial charge in [-0.25, -0.2) is 0 Å². The molecule has 0 aliphatic carbocycles. The second kappa shape index (κ2) is 7.90. The summed E-state index contributed by atoms with van der Waals surface area (Å²) in [6, 6.07) is 9.96. The van der Waals surface area contributed by atoms with Gasteiger partial charge in [0.05, 0.1) is 0 Å². The largest absolute Gasteiger partial charge is 0.309 e. The molecule has 0 spiro atoms. The van der Waals surface area contributed by atoms with Crippen LogP contribution in [0.15, 0.2) is 36.4 Å². The van der Waals surface area contributed by atoms with Gasteiger partial charge in [0.25, 0.3) is 0 Å². The fourth-order valence-electron chi connectivity index (χ4n) is 2.17. The Balaban J connectivity index is 2.68. The van der Waals surface area contributed by atoms with E-state index in [4.69, 9.17) is 0 Å². The van der Waals surface area contributed by atoms with Crippen molar-refractivity contribution in [3.05, 3.63) is 42.0 Å². The molecular formula is C17H25NO. The van der Waals surface area contributed by atoms with E-state index in [1.807, 2.05) is 50.5 Å². The van der Waals surface area contributed by atoms with Crippen LogP contribution in [-0.2, 0) is 4.79 Å². The summed E-state index contributed by atoms with van der Waals surface area (Å²) < 4.78 is 0. The van der Waals surface area contributed by atoms with Crippen LogP contribution in [0.3, 0.4) is 0 Å². The highest BCUT2D eigenvalue weighted by molar-refractivity contribution is 5.95. The van der Waals surface area contributed by atoms with Crippen molar-refractivity contribution in [2.24, 2.45) is 11.8 Å². The molecule has 0 aromatic heterocycles. The van der Waals surface area contributed by atoms with Crippen LogP contribution in [0.5, 0.6) is 0 Å². The van der Waals surface area contributed by atoms with Crippen molar-refractivity contribution >= 4 is 11.9 Å². The van der Waals surface area contributed by atoms with Crippen molar-refractivity contribution < 1.29 is 4.79 Å². The van der Waals surface area contributed by atoms with E-state index in [0.29, 0.717) is 5.92 Å². The lowest BCUT2D eigenvalue weighted by molar-refractivity contribution is -0.119. The molecular weight excluding hydrogens is 234 g/mol. The van der Waals surface area contributed by atoms with Crippen molar-refractivity contribution in [1.29, 1.82) is 0 Å². The van der Waals surface area contributed by atoms with Crippen LogP contribution in [0.4, 0.5) is 0 Å². The molecule has 1 unspecified atom stereocenters. The van der Waals surface area contributed by atoms with Gasteiger partial charge >= 0.3 is 0 Å². The summed E-state index contributed by atoms with van der Waals surface area (Å²) in [4.78, 5) is 14.4. The highest BCUT2D eigenvalue weighted by Crippen LogP contribution is 2.15. The number of carbonyl (C=O) groups excluding carboxylic acids is 1. The Hall–Kier alpha value is -1.41. The van der Waals surface area contributed by atoms with E-state index < -0.39 is 0 Å². The number of benzene rings is 1. The molecule has 0 aliphatic heterocycles. The molecule has 0 amide bonds. The van der Waals surface area contributed by atoms with E-state index in [1.165, 1.54) is 0 Å². The molecule has 1 aromatic rings. The van der Waals surface area contributed by atoms with Gasteiger partial charge in [0.15, 0.2) is 5.78 Å². The molecule has 1 atom stereocenters. The first-order valence-corrected chi connectivity index (χ1v) is 6.90. The first-order valence-electron chi connectivity index (χ1n) is 6.90. The molecule has 0 N–H and O–H groups in total. The Labute approximate surface area is 117 Å². The Bertz CT molecular complexity index is 397. The van der Waals surface area contributed by atoms with Crippen molar-refractivity contribution in [2.75, 3.05) is 20.6 Å². The van der Waals surface area contributed by atoms with E-state index in [2.05, 4.69) is 18.7 Å². The smallest absolute Gasteiger partial charge is 0.160 e. The summed E-state index contributed by atoms with van der Waals surface area (Å²) >= 11 is 0. The molecule has 1 rings (SSSR count). The van der Waals surface area contributed by atoms with E-state index in [0.717, 1.165) is 18.5 Å². The topological polar surface area (TPSA) is 20.3 Å². The number of allylic oxidation sites excluding steroid dienone is 1. The quantitative estimate of drug-likeness (QED) is 0.699. The fraction of sp³-hybridized carbons (Fsp3) is 0.471. The number of nitrogens with zero attached hydrogens (tertiary/aromatic N) is 1. The van der Waals surface area contributed by atoms with Gasteiger partial charge in [0.1, 0.15) is 0 Å². The van der Waals surface area contributed by atoms with Gasteiger partial charge in [0.2, 0.25) is 0 Å². The molecule has 19 heavy (non-hydrogen) atoms. The van der Waals surface area contributed by atoms with E-state index in [9.17, 15) is 4.79 Å². The zero-order valence-electron chi connectivity index (χ0n) is 12.5. The Morgan fingerprint density at radius 1 is 1.21 bits per heavy atom. The Kier molecular flexibility index (Phi) is 6.51. The zero-order chi connectivity index (χ0) is 14.3. The van der Waals surface area contributed by atoms with Gasteiger partial charge < -0.3 is 4.90 Å². The highest BCUT2D eigenvalue weighted by atomic mass is 16.1. The fourth-order valence-corrected chi connectivity index (χ4v) is 2.17. The van der Waals surface area contributed by atoms with Crippen LogP contribution in [-0.4, -0.2) is 31.3 Å². The van der Waals surface area contributed by atoms with E-state index >= 15 is 0 Å². The van der Waals surface area contributed by atoms with Crippen LogP contribution in [0.2, 0.25) is 0 Å². The molecule has 0 saturated heterocycles. The van der Waals surface area contributed by atoms with Gasteiger partial charge in [0, 0.05) is 12.5 Å². The van der Waals surface area contributed by atoms with Crippen molar-refractivity contribution in [3.63, 3.8) is 0 Å². The molecule has 0 aliphatic rings. The summed E-state index contributed by atoms with van der Waals surface area (Å²) in [6.45, 7) is 5.14. The lowest BCUT2D eigenvalue weighted by Crippen LogP contribution is -2.28. The summed E-state index contributed by atoms with van der Waals surface area (Å²) in [5.41, 5.74) is 1.07. The summed E-state index contributed by atoms with van der Waals surface area (Å²) in [5, 5.41) is 0. The lowest BCUT2D eigenvalue weighted by atomic mass is 9.92. The maximum atomic E-state index is 12.3. The number of carbonyl (C=O) groups is 1. The standard InChI is InChI=1S/C17H25NO/c1-14(2)12-16(13-18(3)4)17(19)11-10-15-8-6-5-7-9-15/h5-11,14,16H,12-13H2,1-4H3. The van der Waals surface area contributed by atoms with Crippen molar-refractivity contribution in [2.45, 2.75) is 20.3 Å². The average molecular weight is 259 g/mol. The minimum Gasteiger partial charge on any atom is -0.309 e.